The highest BCUT2D eigenvalue weighted by Gasteiger charge is 2.34. The van der Waals surface area contributed by atoms with Crippen molar-refractivity contribution in [2.24, 2.45) is 23.7 Å². The van der Waals surface area contributed by atoms with E-state index in [1.807, 2.05) is 0 Å². The number of hydrogen-bond acceptors (Lipinski definition) is 2. The van der Waals surface area contributed by atoms with Crippen LogP contribution in [0.2, 0.25) is 4.78 Å². The molecule has 3 aliphatic rings. The smallest absolute Gasteiger partial charge is 0.127 e. The maximum atomic E-state index is 6.76. The molecule has 7 rings (SSSR count). The Labute approximate surface area is 235 Å². The van der Waals surface area contributed by atoms with Crippen LogP contribution in [0.1, 0.15) is 51.4 Å². The predicted octanol–water partition coefficient (Wildman–Crippen LogP) is 9.00. The van der Waals surface area contributed by atoms with Crippen LogP contribution in [0.4, 0.5) is 0 Å². The van der Waals surface area contributed by atoms with Crippen molar-refractivity contribution < 1.29 is 9.47 Å². The van der Waals surface area contributed by atoms with Gasteiger partial charge in [0.1, 0.15) is 27.8 Å². The molecule has 0 unspecified atom stereocenters. The minimum absolute atomic E-state index is 0.412. The lowest BCUT2D eigenvalue weighted by Crippen LogP contribution is -2.32. The van der Waals surface area contributed by atoms with Crippen LogP contribution in [0, 0.1) is 23.7 Å². The van der Waals surface area contributed by atoms with Gasteiger partial charge in [-0.2, -0.15) is 0 Å². The lowest BCUT2D eigenvalue weighted by atomic mass is 9.69. The molecule has 2 aliphatic carbocycles. The molecule has 2 nitrogen and oxygen atoms in total. The maximum Gasteiger partial charge on any atom is 0.127 e. The largest absolute Gasteiger partial charge is 0.492 e. The third kappa shape index (κ3) is 4.63. The summed E-state index contributed by atoms with van der Waals surface area (Å²) in [5.41, 5.74) is 2.34. The van der Waals surface area contributed by atoms with Gasteiger partial charge in [-0.05, 0) is 77.1 Å². The fourth-order valence-electron chi connectivity index (χ4n) is 7.68. The van der Waals surface area contributed by atoms with E-state index in [1.165, 1.54) is 84.0 Å². The number of rotatable bonds is 2. The maximum absolute atomic E-state index is 6.76. The Morgan fingerprint density at radius 3 is 1.39 bits per heavy atom. The summed E-state index contributed by atoms with van der Waals surface area (Å²) in [4.78, 5) is 0. The van der Waals surface area contributed by atoms with E-state index in [9.17, 15) is 0 Å². The van der Waals surface area contributed by atoms with Crippen LogP contribution in [0.5, 0.6) is 11.5 Å². The first kappa shape index (κ1) is 24.6. The van der Waals surface area contributed by atoms with Gasteiger partial charge >= 0.3 is 0 Å². The highest BCUT2D eigenvalue weighted by molar-refractivity contribution is 6.11. The van der Waals surface area contributed by atoms with E-state index >= 15 is 0 Å². The van der Waals surface area contributed by atoms with Crippen LogP contribution in [0.15, 0.2) is 72.8 Å². The van der Waals surface area contributed by atoms with Crippen molar-refractivity contribution in [2.75, 3.05) is 13.2 Å². The minimum Gasteiger partial charge on any atom is -0.492 e. The topological polar surface area (TPSA) is 18.5 Å². The van der Waals surface area contributed by atoms with Gasteiger partial charge in [0.05, 0.1) is 13.2 Å². The second kappa shape index (κ2) is 10.6. The molecule has 4 aromatic carbocycles. The SMILES string of the molecule is [Al][CH]1CCC(C2CCC(C3COc4ccc5ccccc5c4-c4c(ccc5ccccc45)OC3)CC2)CC1. The minimum atomic E-state index is 0.412. The fourth-order valence-corrected chi connectivity index (χ4v) is 8.06. The van der Waals surface area contributed by atoms with Crippen molar-refractivity contribution in [1.29, 1.82) is 0 Å². The zero-order valence-electron chi connectivity index (χ0n) is 22.3. The molecule has 192 valence electrons. The van der Waals surface area contributed by atoms with Gasteiger partial charge in [-0.15, -0.1) is 4.78 Å². The average molecular weight is 517 g/mol. The van der Waals surface area contributed by atoms with Crippen molar-refractivity contribution in [1.82, 2.24) is 0 Å². The van der Waals surface area contributed by atoms with Gasteiger partial charge in [0.25, 0.3) is 0 Å². The quantitative estimate of drug-likeness (QED) is 0.248. The zero-order valence-corrected chi connectivity index (χ0v) is 23.4. The molecule has 0 amide bonds. The summed E-state index contributed by atoms with van der Waals surface area (Å²) >= 11 is 3.06. The Morgan fingerprint density at radius 1 is 0.474 bits per heavy atom. The van der Waals surface area contributed by atoms with E-state index in [0.717, 1.165) is 41.3 Å². The van der Waals surface area contributed by atoms with Crippen molar-refractivity contribution in [3.05, 3.63) is 72.8 Å². The van der Waals surface area contributed by atoms with Crippen LogP contribution in [-0.2, 0) is 0 Å². The molecule has 2 saturated carbocycles. The van der Waals surface area contributed by atoms with E-state index in [-0.39, 0.29) is 0 Å². The first-order chi connectivity index (χ1) is 18.7. The summed E-state index contributed by atoms with van der Waals surface area (Å²) in [5.74, 6) is 4.95. The molecule has 0 atom stereocenters. The van der Waals surface area contributed by atoms with E-state index in [0.29, 0.717) is 11.8 Å². The number of hydrogen-bond donors (Lipinski definition) is 0. The Balaban J connectivity index is 1.21. The van der Waals surface area contributed by atoms with Crippen molar-refractivity contribution in [2.45, 2.75) is 56.1 Å². The average Bonchev–Trinajstić information content (AvgIpc) is 3.05. The molecular formula is C35H37AlO2. The molecule has 2 fully saturated rings. The van der Waals surface area contributed by atoms with Crippen LogP contribution in [0.3, 0.4) is 0 Å². The Morgan fingerprint density at radius 2 is 0.895 bits per heavy atom. The van der Waals surface area contributed by atoms with Gasteiger partial charge in [0.2, 0.25) is 0 Å². The van der Waals surface area contributed by atoms with Crippen LogP contribution in [0.25, 0.3) is 32.7 Å². The molecule has 38 heavy (non-hydrogen) atoms. The van der Waals surface area contributed by atoms with Crippen LogP contribution in [-0.4, -0.2) is 29.5 Å². The van der Waals surface area contributed by atoms with Crippen molar-refractivity contribution in [3.8, 4) is 22.6 Å². The molecular weight excluding hydrogens is 479 g/mol. The molecule has 0 spiro atoms. The molecule has 0 bridgehead atoms. The Bertz CT molecular complexity index is 1340. The van der Waals surface area contributed by atoms with E-state index < -0.39 is 0 Å². The lowest BCUT2D eigenvalue weighted by Gasteiger charge is -2.39. The zero-order chi connectivity index (χ0) is 25.5. The first-order valence-corrected chi connectivity index (χ1v) is 15.5. The van der Waals surface area contributed by atoms with E-state index in [4.69, 9.17) is 9.47 Å². The predicted molar refractivity (Wildman–Crippen MR) is 158 cm³/mol. The summed E-state index contributed by atoms with van der Waals surface area (Å²) in [6.07, 6.45) is 11.1. The lowest BCUT2D eigenvalue weighted by molar-refractivity contribution is 0.0828. The fraction of sp³-hybridized carbons (Fsp3) is 0.429. The summed E-state index contributed by atoms with van der Waals surface area (Å²) in [6, 6.07) is 26.1. The monoisotopic (exact) mass is 516 g/mol. The number of benzene rings is 4. The number of fused-ring (bicyclic) bond motifs is 7. The third-order valence-corrected chi connectivity index (χ3v) is 10.6. The summed E-state index contributed by atoms with van der Waals surface area (Å²) in [7, 11) is 0. The molecule has 0 N–H and O–H groups in total. The molecule has 0 saturated heterocycles. The van der Waals surface area contributed by atoms with Gasteiger partial charge in [-0.25, -0.2) is 0 Å². The van der Waals surface area contributed by atoms with Crippen molar-refractivity contribution in [3.63, 3.8) is 0 Å². The molecule has 1 heterocycles. The normalized spacial score (nSPS) is 26.3. The number of ether oxygens (including phenoxy) is 2. The van der Waals surface area contributed by atoms with Gasteiger partial charge in [0, 0.05) is 17.0 Å². The summed E-state index contributed by atoms with van der Waals surface area (Å²) < 4.78 is 14.4. The van der Waals surface area contributed by atoms with Crippen LogP contribution < -0.4 is 9.47 Å². The van der Waals surface area contributed by atoms with Gasteiger partial charge < -0.3 is 9.47 Å². The summed E-state index contributed by atoms with van der Waals surface area (Å²) in [6.45, 7) is 1.45. The molecule has 1 aliphatic heterocycles. The van der Waals surface area contributed by atoms with Crippen LogP contribution >= 0.6 is 0 Å². The highest BCUT2D eigenvalue weighted by atomic mass is 27.0. The molecule has 4 aromatic rings. The first-order valence-electron chi connectivity index (χ1n) is 14.8. The van der Waals surface area contributed by atoms with E-state index in [2.05, 4.69) is 89.1 Å². The Hall–Kier alpha value is -2.47. The van der Waals surface area contributed by atoms with Gasteiger partial charge in [-0.1, -0.05) is 86.3 Å². The second-order valence-corrected chi connectivity index (χ2v) is 13.0. The second-order valence-electron chi connectivity index (χ2n) is 12.1. The molecule has 2 radical (unpaired) electrons. The Kier molecular flexibility index (Phi) is 6.85. The van der Waals surface area contributed by atoms with Gasteiger partial charge in [0.15, 0.2) is 0 Å². The van der Waals surface area contributed by atoms with Gasteiger partial charge in [-0.3, -0.25) is 0 Å². The van der Waals surface area contributed by atoms with Crippen molar-refractivity contribution >= 4 is 37.8 Å². The third-order valence-electron chi connectivity index (χ3n) is 9.90. The standard InChI is InChI=1S/C35H37O2.Al/c1-2-8-24(9-3-1)25-14-16-26(17-15-25)29-22-36-32-20-18-27-10-4-6-12-30(27)34(32)35-31-13-7-5-11-28(31)19-21-33(35)37-23-29;/h1,4-7,10-13,18-21,24-26,29H,2-3,8-9,14-17,22-23H2;. The van der Waals surface area contributed by atoms with E-state index in [1.54, 1.807) is 0 Å². The molecule has 3 heteroatoms. The summed E-state index contributed by atoms with van der Waals surface area (Å²) in [5, 5.41) is 4.92. The molecule has 0 aromatic heterocycles. The highest BCUT2D eigenvalue weighted by Crippen LogP contribution is 2.48.